The number of nitrogen functional groups attached to an aromatic ring is 1. The zero-order valence-corrected chi connectivity index (χ0v) is 16.7. The van der Waals surface area contributed by atoms with Gasteiger partial charge in [-0.25, -0.2) is 4.79 Å². The number of aliphatic hydroxyl groups is 1. The second kappa shape index (κ2) is 9.25. The number of benzene rings is 2. The number of amidine groups is 1. The fraction of sp³-hybridized carbons (Fsp3) is 0.273. The van der Waals surface area contributed by atoms with E-state index in [0.29, 0.717) is 29.0 Å². The maximum atomic E-state index is 12.4. The molecule has 0 aromatic heterocycles. The molecule has 7 nitrogen and oxygen atoms in total. The molecule has 0 saturated heterocycles. The molecule has 154 valence electrons. The van der Waals surface area contributed by atoms with Gasteiger partial charge in [-0.05, 0) is 56.2 Å². The molecule has 29 heavy (non-hydrogen) atoms. The molecule has 0 heterocycles. The van der Waals surface area contributed by atoms with Crippen LogP contribution in [-0.2, 0) is 16.8 Å². The topological polar surface area (TPSA) is 129 Å². The molecule has 0 fully saturated rings. The number of carboxylic acids is 1. The lowest BCUT2D eigenvalue weighted by Gasteiger charge is -2.31. The summed E-state index contributed by atoms with van der Waals surface area (Å²) < 4.78 is 5.76. The molecule has 0 aliphatic rings. The number of nitrogens with two attached hydrogens (primary N) is 1. The number of nitrogens with one attached hydrogen (secondary N) is 2. The highest BCUT2D eigenvalue weighted by Gasteiger charge is 2.39. The molecule has 0 amide bonds. The number of carbonyl (C=O) groups is 1. The number of hydrogen-bond donors (Lipinski definition) is 5. The van der Waals surface area contributed by atoms with Gasteiger partial charge in [0.1, 0.15) is 18.2 Å². The van der Waals surface area contributed by atoms with Crippen molar-refractivity contribution in [2.24, 2.45) is 5.73 Å². The lowest BCUT2D eigenvalue weighted by atomic mass is 9.87. The third kappa shape index (κ3) is 4.94. The van der Waals surface area contributed by atoms with E-state index in [9.17, 15) is 15.0 Å². The molecule has 2 rings (SSSR count). The van der Waals surface area contributed by atoms with Gasteiger partial charge in [-0.1, -0.05) is 17.7 Å². The van der Waals surface area contributed by atoms with Gasteiger partial charge >= 0.3 is 5.97 Å². The molecule has 1 atom stereocenters. The summed E-state index contributed by atoms with van der Waals surface area (Å²) in [6.45, 7) is 7.06. The van der Waals surface area contributed by atoms with Gasteiger partial charge in [0.2, 0.25) is 0 Å². The van der Waals surface area contributed by atoms with Crippen molar-refractivity contribution in [2.45, 2.75) is 25.8 Å². The van der Waals surface area contributed by atoms with Gasteiger partial charge in [-0.3, -0.25) is 5.41 Å². The number of rotatable bonds is 10. The molecule has 7 heteroatoms. The molecule has 2 aromatic carbocycles. The van der Waals surface area contributed by atoms with E-state index in [1.54, 1.807) is 43.3 Å². The van der Waals surface area contributed by atoms with E-state index in [2.05, 4.69) is 11.9 Å². The lowest BCUT2D eigenvalue weighted by molar-refractivity contribution is -0.142. The Balaban J connectivity index is 2.58. The molecule has 6 N–H and O–H groups in total. The number of ether oxygens (including phenoxy) is 1. The fourth-order valence-electron chi connectivity index (χ4n) is 3.10. The number of carboxylic acid groups (broad SMARTS) is 1. The summed E-state index contributed by atoms with van der Waals surface area (Å²) in [5.41, 5.74) is 7.20. The maximum Gasteiger partial charge on any atom is 0.333 e. The molecule has 0 aliphatic heterocycles. The largest absolute Gasteiger partial charge is 0.491 e. The van der Waals surface area contributed by atoms with Gasteiger partial charge in [-0.2, -0.15) is 0 Å². The molecule has 0 spiro atoms. The standard InChI is InChI=1S/C22H27N3O4/c1-4-5-16-12-14(2)13-18(19(16)29-11-10-26)22(3,21(27)28)25-17-8-6-15(7-9-17)20(23)24/h4,6-9,12-13,25-26H,1,5,10-11H2,2-3H3,(H3,23,24)(H,27,28). The van der Waals surface area contributed by atoms with Crippen LogP contribution in [0.1, 0.15) is 29.2 Å². The summed E-state index contributed by atoms with van der Waals surface area (Å²) in [4.78, 5) is 12.4. The number of anilines is 1. The smallest absolute Gasteiger partial charge is 0.333 e. The SMILES string of the molecule is C=CCc1cc(C)cc(C(C)(Nc2ccc(C(=N)N)cc2)C(=O)O)c1OCCO. The summed E-state index contributed by atoms with van der Waals surface area (Å²) >= 11 is 0. The van der Waals surface area contributed by atoms with Crippen molar-refractivity contribution >= 4 is 17.5 Å². The van der Waals surface area contributed by atoms with Crippen LogP contribution >= 0.6 is 0 Å². The molecular formula is C22H27N3O4. The van der Waals surface area contributed by atoms with Crippen LogP contribution in [-0.4, -0.2) is 35.2 Å². The zero-order chi connectivity index (χ0) is 21.6. The highest BCUT2D eigenvalue weighted by Crippen LogP contribution is 2.37. The Kier molecular flexibility index (Phi) is 7.01. The molecular weight excluding hydrogens is 370 g/mol. The van der Waals surface area contributed by atoms with Crippen LogP contribution in [0.25, 0.3) is 0 Å². The van der Waals surface area contributed by atoms with Crippen molar-refractivity contribution in [3.63, 3.8) is 0 Å². The van der Waals surface area contributed by atoms with Crippen molar-refractivity contribution in [1.29, 1.82) is 5.41 Å². The summed E-state index contributed by atoms with van der Waals surface area (Å²) in [7, 11) is 0. The van der Waals surface area contributed by atoms with Crippen molar-refractivity contribution in [1.82, 2.24) is 0 Å². The van der Waals surface area contributed by atoms with Crippen LogP contribution in [0.15, 0.2) is 49.1 Å². The van der Waals surface area contributed by atoms with Crippen LogP contribution in [0.2, 0.25) is 0 Å². The summed E-state index contributed by atoms with van der Waals surface area (Å²) in [6, 6.07) is 10.3. The van der Waals surface area contributed by atoms with E-state index in [1.807, 2.05) is 13.0 Å². The van der Waals surface area contributed by atoms with E-state index >= 15 is 0 Å². The molecule has 0 radical (unpaired) electrons. The molecule has 2 aromatic rings. The Morgan fingerprint density at radius 2 is 2.00 bits per heavy atom. The number of allylic oxidation sites excluding steroid dienone is 1. The van der Waals surface area contributed by atoms with Gasteiger partial charge in [0, 0.05) is 16.8 Å². The fourth-order valence-corrected chi connectivity index (χ4v) is 3.10. The maximum absolute atomic E-state index is 12.4. The van der Waals surface area contributed by atoms with Crippen molar-refractivity contribution in [3.8, 4) is 5.75 Å². The first kappa shape index (κ1) is 22.0. The first-order chi connectivity index (χ1) is 13.7. The van der Waals surface area contributed by atoms with Crippen LogP contribution in [0.3, 0.4) is 0 Å². The van der Waals surface area contributed by atoms with Crippen LogP contribution in [0.5, 0.6) is 5.75 Å². The van der Waals surface area contributed by atoms with Gasteiger partial charge in [0.15, 0.2) is 5.54 Å². The first-order valence-corrected chi connectivity index (χ1v) is 9.17. The minimum absolute atomic E-state index is 0.0449. The van der Waals surface area contributed by atoms with Crippen LogP contribution in [0, 0.1) is 12.3 Å². The monoisotopic (exact) mass is 397 g/mol. The van der Waals surface area contributed by atoms with Crippen LogP contribution in [0.4, 0.5) is 5.69 Å². The van der Waals surface area contributed by atoms with E-state index in [0.717, 1.165) is 11.1 Å². The predicted molar refractivity (Wildman–Crippen MR) is 114 cm³/mol. The van der Waals surface area contributed by atoms with Crippen molar-refractivity contribution in [2.75, 3.05) is 18.5 Å². The van der Waals surface area contributed by atoms with Crippen LogP contribution < -0.4 is 15.8 Å². The predicted octanol–water partition coefficient (Wildman–Crippen LogP) is 2.79. The third-order valence-electron chi connectivity index (χ3n) is 4.57. The van der Waals surface area contributed by atoms with E-state index in [1.165, 1.54) is 0 Å². The summed E-state index contributed by atoms with van der Waals surface area (Å²) in [6.07, 6.45) is 2.22. The number of aliphatic hydroxyl groups excluding tert-OH is 1. The second-order valence-electron chi connectivity index (χ2n) is 6.91. The molecule has 0 bridgehead atoms. The Hall–Kier alpha value is -3.32. The Morgan fingerprint density at radius 3 is 2.52 bits per heavy atom. The van der Waals surface area contributed by atoms with Crippen molar-refractivity contribution < 1.29 is 19.7 Å². The molecule has 0 aliphatic carbocycles. The highest BCUT2D eigenvalue weighted by atomic mass is 16.5. The minimum atomic E-state index is -1.51. The Bertz CT molecular complexity index is 909. The number of aryl methyl sites for hydroxylation is 1. The summed E-state index contributed by atoms with van der Waals surface area (Å²) in [5, 5.41) is 29.9. The van der Waals surface area contributed by atoms with E-state index in [4.69, 9.17) is 15.9 Å². The van der Waals surface area contributed by atoms with Crippen molar-refractivity contribution in [3.05, 3.63) is 71.3 Å². The second-order valence-corrected chi connectivity index (χ2v) is 6.91. The number of aliphatic carboxylic acids is 1. The average Bonchev–Trinajstić information content (AvgIpc) is 2.67. The quantitative estimate of drug-likeness (QED) is 0.238. The summed E-state index contributed by atoms with van der Waals surface area (Å²) in [5.74, 6) is -0.732. The van der Waals surface area contributed by atoms with Gasteiger partial charge in [0.05, 0.1) is 6.61 Å². The lowest BCUT2D eigenvalue weighted by Crippen LogP contribution is -2.41. The van der Waals surface area contributed by atoms with Gasteiger partial charge in [-0.15, -0.1) is 6.58 Å². The van der Waals surface area contributed by atoms with Gasteiger partial charge in [0.25, 0.3) is 0 Å². The van der Waals surface area contributed by atoms with E-state index in [-0.39, 0.29) is 19.0 Å². The highest BCUT2D eigenvalue weighted by molar-refractivity contribution is 5.95. The minimum Gasteiger partial charge on any atom is -0.491 e. The number of hydrogen-bond acceptors (Lipinski definition) is 5. The van der Waals surface area contributed by atoms with E-state index < -0.39 is 11.5 Å². The third-order valence-corrected chi connectivity index (χ3v) is 4.57. The Morgan fingerprint density at radius 1 is 1.34 bits per heavy atom. The average molecular weight is 397 g/mol. The normalized spacial score (nSPS) is 12.7. The molecule has 1 unspecified atom stereocenters. The molecule has 0 saturated carbocycles. The zero-order valence-electron chi connectivity index (χ0n) is 16.7. The first-order valence-electron chi connectivity index (χ1n) is 9.17. The van der Waals surface area contributed by atoms with Gasteiger partial charge < -0.3 is 26.0 Å². The Labute approximate surface area is 170 Å².